The highest BCUT2D eigenvalue weighted by Gasteiger charge is 2.24. The molecule has 0 fully saturated rings. The Kier molecular flexibility index (Phi) is 5.79. The summed E-state index contributed by atoms with van der Waals surface area (Å²) in [4.78, 5) is 11.0. The first-order valence-electron chi connectivity index (χ1n) is 10.3. The predicted octanol–water partition coefficient (Wildman–Crippen LogP) is 3.53. The lowest BCUT2D eigenvalue weighted by Gasteiger charge is -2.21. The van der Waals surface area contributed by atoms with Crippen LogP contribution in [-0.2, 0) is 16.4 Å². The summed E-state index contributed by atoms with van der Waals surface area (Å²) in [6, 6.07) is 14.8. The Labute approximate surface area is 182 Å². The molecule has 0 radical (unpaired) electrons. The fourth-order valence-electron chi connectivity index (χ4n) is 3.82. The van der Waals surface area contributed by atoms with E-state index in [1.54, 1.807) is 24.3 Å². The van der Waals surface area contributed by atoms with Gasteiger partial charge in [0, 0.05) is 31.0 Å². The molecule has 162 valence electrons. The zero-order valence-corrected chi connectivity index (χ0v) is 18.4. The molecule has 0 bridgehead atoms. The van der Waals surface area contributed by atoms with Gasteiger partial charge in [-0.25, -0.2) is 18.4 Å². The Balaban J connectivity index is 1.58. The van der Waals surface area contributed by atoms with E-state index in [1.165, 1.54) is 16.2 Å². The van der Waals surface area contributed by atoms with E-state index in [1.807, 2.05) is 26.0 Å². The summed E-state index contributed by atoms with van der Waals surface area (Å²) in [6.45, 7) is 5.31. The highest BCUT2D eigenvalue weighted by Crippen LogP contribution is 2.38. The van der Waals surface area contributed by atoms with E-state index >= 15 is 0 Å². The van der Waals surface area contributed by atoms with Crippen molar-refractivity contribution in [2.75, 3.05) is 35.6 Å². The van der Waals surface area contributed by atoms with Crippen LogP contribution in [0, 0.1) is 0 Å². The molecule has 3 aromatic rings. The van der Waals surface area contributed by atoms with E-state index < -0.39 is 10.0 Å². The van der Waals surface area contributed by atoms with Crippen LogP contribution >= 0.6 is 0 Å². The van der Waals surface area contributed by atoms with Gasteiger partial charge in [0.1, 0.15) is 12.0 Å². The average Bonchev–Trinajstić information content (AvgIpc) is 3.20. The number of hydrogen-bond donors (Lipinski definition) is 2. The minimum Gasteiger partial charge on any atom is -0.393 e. The molecule has 0 saturated heterocycles. The quantitative estimate of drug-likeness (QED) is 0.581. The van der Waals surface area contributed by atoms with Gasteiger partial charge < -0.3 is 16.0 Å². The fraction of sp³-hybridized carbons (Fsp3) is 0.273. The summed E-state index contributed by atoms with van der Waals surface area (Å²) < 4.78 is 26.8. The summed E-state index contributed by atoms with van der Waals surface area (Å²) in [7, 11) is -3.50. The van der Waals surface area contributed by atoms with Gasteiger partial charge in [-0.1, -0.05) is 32.0 Å². The first-order chi connectivity index (χ1) is 15.0. The molecule has 0 aliphatic carbocycles. The van der Waals surface area contributed by atoms with Crippen molar-refractivity contribution in [3.05, 3.63) is 60.4 Å². The maximum absolute atomic E-state index is 12.7. The van der Waals surface area contributed by atoms with Crippen molar-refractivity contribution < 1.29 is 8.42 Å². The predicted molar refractivity (Wildman–Crippen MR) is 123 cm³/mol. The van der Waals surface area contributed by atoms with Crippen LogP contribution < -0.4 is 16.0 Å². The van der Waals surface area contributed by atoms with Crippen molar-refractivity contribution in [1.29, 1.82) is 0 Å². The first-order valence-corrected chi connectivity index (χ1v) is 11.7. The van der Waals surface area contributed by atoms with E-state index in [9.17, 15) is 8.42 Å². The molecule has 1 aromatic heterocycles. The van der Waals surface area contributed by atoms with Gasteiger partial charge in [0.25, 0.3) is 0 Å². The van der Waals surface area contributed by atoms with Crippen LogP contribution in [-0.4, -0.2) is 42.3 Å². The van der Waals surface area contributed by atoms with Gasteiger partial charge in [-0.3, -0.25) is 0 Å². The van der Waals surface area contributed by atoms with Crippen molar-refractivity contribution in [3.8, 4) is 0 Å². The molecule has 0 spiro atoms. The second-order valence-corrected chi connectivity index (χ2v) is 9.17. The number of para-hydroxylation sites is 1. The van der Waals surface area contributed by atoms with E-state index in [0.29, 0.717) is 36.1 Å². The largest absolute Gasteiger partial charge is 0.393 e. The molecule has 0 atom stereocenters. The molecule has 8 nitrogen and oxygen atoms in total. The molecule has 0 amide bonds. The van der Waals surface area contributed by atoms with Crippen LogP contribution in [0.25, 0.3) is 0 Å². The molecule has 3 N–H and O–H groups in total. The highest BCUT2D eigenvalue weighted by molar-refractivity contribution is 7.89. The van der Waals surface area contributed by atoms with Gasteiger partial charge in [-0.2, -0.15) is 4.31 Å². The van der Waals surface area contributed by atoms with Crippen LogP contribution in [0.15, 0.2) is 59.8 Å². The van der Waals surface area contributed by atoms with Crippen molar-refractivity contribution in [1.82, 2.24) is 14.3 Å². The Morgan fingerprint density at radius 1 is 1.06 bits per heavy atom. The molecule has 1 aliphatic heterocycles. The molecule has 4 rings (SSSR count). The van der Waals surface area contributed by atoms with E-state index in [0.717, 1.165) is 18.7 Å². The van der Waals surface area contributed by atoms with Crippen molar-refractivity contribution in [2.45, 2.75) is 25.2 Å². The molecular weight excluding hydrogens is 412 g/mol. The van der Waals surface area contributed by atoms with Crippen LogP contribution in [0.1, 0.15) is 19.4 Å². The number of rotatable bonds is 7. The lowest BCUT2D eigenvalue weighted by molar-refractivity contribution is 0.445. The Morgan fingerprint density at radius 2 is 1.77 bits per heavy atom. The molecule has 9 heteroatoms. The van der Waals surface area contributed by atoms with Gasteiger partial charge in [-0.15, -0.1) is 0 Å². The van der Waals surface area contributed by atoms with E-state index in [4.69, 9.17) is 5.73 Å². The van der Waals surface area contributed by atoms with Crippen LogP contribution in [0.5, 0.6) is 0 Å². The minimum absolute atomic E-state index is 0.256. The van der Waals surface area contributed by atoms with Gasteiger partial charge in [0.05, 0.1) is 4.90 Å². The first kappa shape index (κ1) is 21.1. The lowest BCUT2D eigenvalue weighted by atomic mass is 10.2. The Hall–Kier alpha value is -3.17. The Morgan fingerprint density at radius 3 is 2.48 bits per heavy atom. The van der Waals surface area contributed by atoms with Crippen molar-refractivity contribution >= 4 is 38.7 Å². The third-order valence-corrected chi connectivity index (χ3v) is 7.53. The molecular formula is C22H26N6O2S. The average molecular weight is 439 g/mol. The van der Waals surface area contributed by atoms with Crippen LogP contribution in [0.4, 0.5) is 28.7 Å². The topological polar surface area (TPSA) is 104 Å². The second-order valence-electron chi connectivity index (χ2n) is 7.23. The molecule has 0 saturated carbocycles. The minimum atomic E-state index is -3.50. The van der Waals surface area contributed by atoms with Gasteiger partial charge in [-0.05, 0) is 42.3 Å². The van der Waals surface area contributed by atoms with E-state index in [2.05, 4.69) is 32.3 Å². The number of anilines is 5. The summed E-state index contributed by atoms with van der Waals surface area (Å²) in [5, 5.41) is 3.18. The zero-order valence-electron chi connectivity index (χ0n) is 17.6. The van der Waals surface area contributed by atoms with Crippen molar-refractivity contribution in [2.24, 2.45) is 0 Å². The number of fused-ring (bicyclic) bond motifs is 1. The second kappa shape index (κ2) is 8.52. The SMILES string of the molecule is CCN(CC)S(=O)(=O)c1ccc(Nc2ncnc(N3CCc4ccccc43)c2N)cc1. The number of sulfonamides is 1. The summed E-state index contributed by atoms with van der Waals surface area (Å²) in [5.41, 5.74) is 9.91. The Bertz CT molecular complexity index is 1180. The van der Waals surface area contributed by atoms with Crippen LogP contribution in [0.2, 0.25) is 0 Å². The third kappa shape index (κ3) is 3.94. The number of nitrogens with two attached hydrogens (primary N) is 1. The van der Waals surface area contributed by atoms with Crippen LogP contribution in [0.3, 0.4) is 0 Å². The maximum Gasteiger partial charge on any atom is 0.243 e. The standard InChI is InChI=1S/C22H26N6O2S/c1-3-27(4-2)31(29,30)18-11-9-17(10-12-18)26-21-20(23)22(25-15-24-21)28-14-13-16-7-5-6-8-19(16)28/h5-12,15H,3-4,13-14,23H2,1-2H3,(H,24,25,26). The fourth-order valence-corrected chi connectivity index (χ4v) is 5.28. The molecule has 1 aliphatic rings. The number of nitrogens with one attached hydrogen (secondary N) is 1. The summed E-state index contributed by atoms with van der Waals surface area (Å²) in [5.74, 6) is 1.14. The number of nitrogens with zero attached hydrogens (tertiary/aromatic N) is 4. The molecule has 0 unspecified atom stereocenters. The highest BCUT2D eigenvalue weighted by atomic mass is 32.2. The monoisotopic (exact) mass is 438 g/mol. The smallest absolute Gasteiger partial charge is 0.243 e. The van der Waals surface area contributed by atoms with Gasteiger partial charge >= 0.3 is 0 Å². The number of hydrogen-bond acceptors (Lipinski definition) is 7. The van der Waals surface area contributed by atoms with Gasteiger partial charge in [0.15, 0.2) is 11.6 Å². The summed E-state index contributed by atoms with van der Waals surface area (Å²) in [6.07, 6.45) is 2.42. The van der Waals surface area contributed by atoms with Gasteiger partial charge in [0.2, 0.25) is 10.0 Å². The molecule has 31 heavy (non-hydrogen) atoms. The number of aromatic nitrogens is 2. The molecule has 2 aromatic carbocycles. The normalized spacial score (nSPS) is 13.5. The third-order valence-electron chi connectivity index (χ3n) is 5.47. The number of nitrogen functional groups attached to an aromatic ring is 1. The lowest BCUT2D eigenvalue weighted by Crippen LogP contribution is -2.30. The maximum atomic E-state index is 12.7. The molecule has 2 heterocycles. The van der Waals surface area contributed by atoms with E-state index in [-0.39, 0.29) is 4.90 Å². The number of benzene rings is 2. The van der Waals surface area contributed by atoms with Crippen molar-refractivity contribution in [3.63, 3.8) is 0 Å². The zero-order chi connectivity index (χ0) is 22.0. The summed E-state index contributed by atoms with van der Waals surface area (Å²) >= 11 is 0.